The molecule has 1 unspecified atom stereocenters. The molecule has 0 aliphatic heterocycles. The maximum absolute atomic E-state index is 5.56. The highest BCUT2D eigenvalue weighted by atomic mass is 16.5. The smallest absolute Gasteiger partial charge is 0.0881 e. The number of nitrogens with two attached hydrogens (primary N) is 1. The molecule has 5 nitrogen and oxygen atoms in total. The van der Waals surface area contributed by atoms with Crippen molar-refractivity contribution in [3.63, 3.8) is 0 Å². The summed E-state index contributed by atoms with van der Waals surface area (Å²) in [5.41, 5.74) is 7.65. The Balaban J connectivity index is 2.12. The van der Waals surface area contributed by atoms with Crippen molar-refractivity contribution < 1.29 is 4.74 Å². The molecule has 1 aromatic heterocycles. The summed E-state index contributed by atoms with van der Waals surface area (Å²) >= 11 is 0. The summed E-state index contributed by atoms with van der Waals surface area (Å²) in [6, 6.07) is 6.38. The van der Waals surface area contributed by atoms with Crippen LogP contribution in [-0.4, -0.2) is 36.5 Å². The summed E-state index contributed by atoms with van der Waals surface area (Å²) < 4.78 is 5.24. The van der Waals surface area contributed by atoms with Crippen LogP contribution in [0.15, 0.2) is 24.4 Å². The molecule has 2 aromatic rings. The Labute approximate surface area is 107 Å². The number of para-hydroxylation sites is 1. The van der Waals surface area contributed by atoms with Gasteiger partial charge in [0.2, 0.25) is 0 Å². The number of H-pyrrole nitrogens is 1. The Morgan fingerprint density at radius 1 is 1.50 bits per heavy atom. The quantitative estimate of drug-likeness (QED) is 0.697. The average molecular weight is 248 g/mol. The van der Waals surface area contributed by atoms with Crippen LogP contribution >= 0.6 is 0 Å². The van der Waals surface area contributed by atoms with Crippen LogP contribution in [-0.2, 0) is 4.74 Å². The first-order valence-corrected chi connectivity index (χ1v) is 6.22. The molecule has 98 valence electrons. The highest BCUT2D eigenvalue weighted by Gasteiger charge is 2.10. The molecule has 1 aromatic carbocycles. The Kier molecular flexibility index (Phi) is 4.55. The number of fused-ring (bicyclic) bond motifs is 1. The number of anilines is 1. The normalized spacial score (nSPS) is 12.8. The molecule has 5 heteroatoms. The Morgan fingerprint density at radius 3 is 3.17 bits per heavy atom. The van der Waals surface area contributed by atoms with Gasteiger partial charge in [0.1, 0.15) is 0 Å². The lowest BCUT2D eigenvalue weighted by Gasteiger charge is -2.19. The van der Waals surface area contributed by atoms with Gasteiger partial charge < -0.3 is 15.8 Å². The molecule has 1 atom stereocenters. The van der Waals surface area contributed by atoms with Gasteiger partial charge >= 0.3 is 0 Å². The zero-order valence-electron chi connectivity index (χ0n) is 10.6. The van der Waals surface area contributed by atoms with E-state index >= 15 is 0 Å². The number of methoxy groups -OCH3 is 1. The van der Waals surface area contributed by atoms with Crippen molar-refractivity contribution in [2.75, 3.05) is 25.6 Å². The molecule has 0 amide bonds. The molecule has 0 fully saturated rings. The summed E-state index contributed by atoms with van der Waals surface area (Å²) in [4.78, 5) is 0. The van der Waals surface area contributed by atoms with E-state index in [1.54, 1.807) is 7.11 Å². The number of benzene rings is 1. The first-order valence-electron chi connectivity index (χ1n) is 6.22. The van der Waals surface area contributed by atoms with E-state index in [-0.39, 0.29) is 6.04 Å². The van der Waals surface area contributed by atoms with Crippen LogP contribution in [0.1, 0.15) is 12.8 Å². The van der Waals surface area contributed by atoms with Crippen LogP contribution in [0.3, 0.4) is 0 Å². The molecule has 0 aliphatic rings. The highest BCUT2D eigenvalue weighted by molar-refractivity contribution is 5.89. The fourth-order valence-corrected chi connectivity index (χ4v) is 2.07. The van der Waals surface area contributed by atoms with Crippen LogP contribution in [0.5, 0.6) is 0 Å². The van der Waals surface area contributed by atoms with Crippen LogP contribution in [0.2, 0.25) is 0 Å². The molecule has 0 aliphatic carbocycles. The van der Waals surface area contributed by atoms with Crippen molar-refractivity contribution >= 4 is 16.6 Å². The number of aromatic amines is 1. The fourth-order valence-electron chi connectivity index (χ4n) is 2.07. The maximum atomic E-state index is 5.56. The molecule has 2 rings (SSSR count). The number of nitrogens with one attached hydrogen (secondary N) is 2. The minimum atomic E-state index is 0.271. The predicted octanol–water partition coefficient (Wildman–Crippen LogP) is 1.73. The van der Waals surface area contributed by atoms with Gasteiger partial charge in [-0.25, -0.2) is 0 Å². The van der Waals surface area contributed by atoms with Gasteiger partial charge in [-0.1, -0.05) is 12.1 Å². The molecular weight excluding hydrogens is 228 g/mol. The molecule has 0 spiro atoms. The van der Waals surface area contributed by atoms with Gasteiger partial charge in [0.05, 0.1) is 24.0 Å². The van der Waals surface area contributed by atoms with Crippen molar-refractivity contribution in [2.45, 2.75) is 18.9 Å². The van der Waals surface area contributed by atoms with Gasteiger partial charge in [0.15, 0.2) is 0 Å². The van der Waals surface area contributed by atoms with Gasteiger partial charge in [-0.15, -0.1) is 0 Å². The lowest BCUT2D eigenvalue weighted by Crippen LogP contribution is -2.26. The Bertz CT molecular complexity index is 483. The highest BCUT2D eigenvalue weighted by Crippen LogP contribution is 2.21. The topological polar surface area (TPSA) is 76.0 Å². The number of rotatable bonds is 7. The van der Waals surface area contributed by atoms with Crippen LogP contribution < -0.4 is 11.1 Å². The molecule has 0 bridgehead atoms. The van der Waals surface area contributed by atoms with E-state index in [9.17, 15) is 0 Å². The minimum absolute atomic E-state index is 0.271. The second kappa shape index (κ2) is 6.37. The summed E-state index contributed by atoms with van der Waals surface area (Å²) in [7, 11) is 1.72. The standard InChI is InChI=1S/C13H20N4O/c1-18-9-11(5-3-7-14)16-12-6-2-4-10-8-15-17-13(10)12/h2,4,6,8,11,16H,3,5,7,9,14H2,1H3,(H,15,17). The van der Waals surface area contributed by atoms with Crippen molar-refractivity contribution in [2.24, 2.45) is 5.73 Å². The Morgan fingerprint density at radius 2 is 2.39 bits per heavy atom. The third kappa shape index (κ3) is 3.00. The number of hydrogen-bond acceptors (Lipinski definition) is 4. The van der Waals surface area contributed by atoms with E-state index in [0.717, 1.165) is 29.4 Å². The fraction of sp³-hybridized carbons (Fsp3) is 0.462. The van der Waals surface area contributed by atoms with E-state index < -0.39 is 0 Å². The minimum Gasteiger partial charge on any atom is -0.383 e. The zero-order chi connectivity index (χ0) is 12.8. The number of aromatic nitrogens is 2. The number of hydrogen-bond donors (Lipinski definition) is 3. The molecule has 0 saturated carbocycles. The number of nitrogens with zero attached hydrogens (tertiary/aromatic N) is 1. The number of ether oxygens (including phenoxy) is 1. The predicted molar refractivity (Wildman–Crippen MR) is 73.7 cm³/mol. The lowest BCUT2D eigenvalue weighted by atomic mass is 10.1. The summed E-state index contributed by atoms with van der Waals surface area (Å²) in [6.07, 6.45) is 3.81. The van der Waals surface area contributed by atoms with Gasteiger partial charge in [-0.2, -0.15) is 5.10 Å². The summed E-state index contributed by atoms with van der Waals surface area (Å²) in [5.74, 6) is 0. The SMILES string of the molecule is COCC(CCCN)Nc1cccc2cn[nH]c12. The Hall–Kier alpha value is -1.59. The zero-order valence-corrected chi connectivity index (χ0v) is 10.6. The van der Waals surface area contributed by atoms with Crippen molar-refractivity contribution in [3.05, 3.63) is 24.4 Å². The van der Waals surface area contributed by atoms with Gasteiger partial charge in [0, 0.05) is 18.5 Å². The van der Waals surface area contributed by atoms with Gasteiger partial charge in [-0.3, -0.25) is 5.10 Å². The first kappa shape index (κ1) is 12.9. The third-order valence-corrected chi connectivity index (χ3v) is 2.96. The van der Waals surface area contributed by atoms with E-state index in [2.05, 4.69) is 15.5 Å². The van der Waals surface area contributed by atoms with E-state index in [4.69, 9.17) is 10.5 Å². The van der Waals surface area contributed by atoms with Crippen molar-refractivity contribution in [3.8, 4) is 0 Å². The van der Waals surface area contributed by atoms with E-state index in [1.165, 1.54) is 0 Å². The summed E-state index contributed by atoms with van der Waals surface area (Å²) in [5, 5.41) is 11.7. The van der Waals surface area contributed by atoms with Crippen molar-refractivity contribution in [1.82, 2.24) is 10.2 Å². The van der Waals surface area contributed by atoms with Crippen LogP contribution in [0.25, 0.3) is 10.9 Å². The van der Waals surface area contributed by atoms with Crippen molar-refractivity contribution in [1.29, 1.82) is 0 Å². The molecule has 18 heavy (non-hydrogen) atoms. The molecule has 0 saturated heterocycles. The molecule has 0 radical (unpaired) electrons. The van der Waals surface area contributed by atoms with Crippen LogP contribution in [0, 0.1) is 0 Å². The van der Waals surface area contributed by atoms with Gasteiger partial charge in [0.25, 0.3) is 0 Å². The maximum Gasteiger partial charge on any atom is 0.0881 e. The monoisotopic (exact) mass is 248 g/mol. The third-order valence-electron chi connectivity index (χ3n) is 2.96. The second-order valence-electron chi connectivity index (χ2n) is 4.37. The average Bonchev–Trinajstić information content (AvgIpc) is 2.85. The van der Waals surface area contributed by atoms with E-state index in [1.807, 2.05) is 24.4 Å². The van der Waals surface area contributed by atoms with Crippen LogP contribution in [0.4, 0.5) is 5.69 Å². The van der Waals surface area contributed by atoms with E-state index in [0.29, 0.717) is 13.2 Å². The molecular formula is C13H20N4O. The van der Waals surface area contributed by atoms with Gasteiger partial charge in [-0.05, 0) is 25.5 Å². The second-order valence-corrected chi connectivity index (χ2v) is 4.37. The first-order chi connectivity index (χ1) is 8.85. The lowest BCUT2D eigenvalue weighted by molar-refractivity contribution is 0.182. The summed E-state index contributed by atoms with van der Waals surface area (Å²) in [6.45, 7) is 1.38. The molecule has 1 heterocycles. The molecule has 4 N–H and O–H groups in total. The largest absolute Gasteiger partial charge is 0.383 e.